The van der Waals surface area contributed by atoms with E-state index < -0.39 is 47.7 Å². The van der Waals surface area contributed by atoms with Crippen molar-refractivity contribution >= 4 is 12.1 Å². The third kappa shape index (κ3) is 13.2. The summed E-state index contributed by atoms with van der Waals surface area (Å²) in [6.07, 6.45) is 6.12. The fourth-order valence-electron chi connectivity index (χ4n) is 6.28. The number of amides is 1. The third-order valence-corrected chi connectivity index (χ3v) is 9.63. The minimum Gasteiger partial charge on any atom is -0.457 e. The minimum absolute atomic E-state index is 0.0144. The topological polar surface area (TPSA) is 171 Å². The van der Waals surface area contributed by atoms with Crippen LogP contribution in [0.5, 0.6) is 0 Å². The SMILES string of the molecule is CCC(O)C(C)C1OC1CC(C)(O)/C=C/C=C(\C)C1OC(=O)CC(O)CCC(C)(O)C(OC(=O)NCCCN2CCOCC2)/C=C\C1C. The second kappa shape index (κ2) is 18.6. The number of cyclic esters (lactones) is 1. The summed E-state index contributed by atoms with van der Waals surface area (Å²) < 4.78 is 22.6. The van der Waals surface area contributed by atoms with Crippen LogP contribution in [0.25, 0.3) is 0 Å². The molecule has 3 aliphatic rings. The monoisotopic (exact) mass is 680 g/mol. The van der Waals surface area contributed by atoms with E-state index in [0.717, 1.165) is 26.1 Å². The summed E-state index contributed by atoms with van der Waals surface area (Å²) in [7, 11) is 0. The Balaban J connectivity index is 1.66. The highest BCUT2D eigenvalue weighted by molar-refractivity contribution is 5.70. The van der Waals surface area contributed by atoms with E-state index in [1.807, 2.05) is 27.7 Å². The van der Waals surface area contributed by atoms with Crippen LogP contribution in [0.4, 0.5) is 4.79 Å². The van der Waals surface area contributed by atoms with Gasteiger partial charge in [0.1, 0.15) is 11.7 Å². The molecule has 0 spiro atoms. The molecular formula is C36H60N2O10. The Bertz CT molecular complexity index is 1120. The van der Waals surface area contributed by atoms with Crippen LogP contribution in [0.3, 0.4) is 0 Å². The van der Waals surface area contributed by atoms with Gasteiger partial charge in [-0.2, -0.15) is 0 Å². The molecule has 10 atom stereocenters. The summed E-state index contributed by atoms with van der Waals surface area (Å²) in [6.45, 7) is 15.2. The lowest BCUT2D eigenvalue weighted by Gasteiger charge is -2.32. The van der Waals surface area contributed by atoms with Crippen LogP contribution in [0.15, 0.2) is 36.0 Å². The Morgan fingerprint density at radius 3 is 2.69 bits per heavy atom. The second-order valence-electron chi connectivity index (χ2n) is 14.3. The Kier molecular flexibility index (Phi) is 15.6. The van der Waals surface area contributed by atoms with Crippen LogP contribution >= 0.6 is 0 Å². The lowest BCUT2D eigenvalue weighted by Crippen LogP contribution is -2.44. The number of aliphatic hydroxyl groups excluding tert-OH is 2. The zero-order chi connectivity index (χ0) is 35.5. The lowest BCUT2D eigenvalue weighted by molar-refractivity contribution is -0.151. The molecule has 3 heterocycles. The number of nitrogens with zero attached hydrogens (tertiary/aromatic N) is 1. The van der Waals surface area contributed by atoms with Gasteiger partial charge in [-0.25, -0.2) is 4.79 Å². The second-order valence-corrected chi connectivity index (χ2v) is 14.3. The molecule has 2 fully saturated rings. The quantitative estimate of drug-likeness (QED) is 0.0637. The van der Waals surface area contributed by atoms with Crippen molar-refractivity contribution in [1.29, 1.82) is 0 Å². The van der Waals surface area contributed by atoms with E-state index in [4.69, 9.17) is 18.9 Å². The number of aliphatic hydroxyl groups is 4. The molecule has 3 aliphatic heterocycles. The van der Waals surface area contributed by atoms with Gasteiger partial charge < -0.3 is 44.7 Å². The van der Waals surface area contributed by atoms with Crippen LogP contribution in [-0.4, -0.2) is 125 Å². The fourth-order valence-corrected chi connectivity index (χ4v) is 6.28. The molecule has 0 bridgehead atoms. The Morgan fingerprint density at radius 2 is 2.00 bits per heavy atom. The number of allylic oxidation sites excluding steroid dienone is 2. The summed E-state index contributed by atoms with van der Waals surface area (Å²) in [4.78, 5) is 27.9. The van der Waals surface area contributed by atoms with Gasteiger partial charge in [-0.15, -0.1) is 0 Å². The van der Waals surface area contributed by atoms with E-state index in [1.54, 1.807) is 44.2 Å². The molecule has 5 N–H and O–H groups in total. The molecule has 274 valence electrons. The predicted molar refractivity (Wildman–Crippen MR) is 181 cm³/mol. The summed E-state index contributed by atoms with van der Waals surface area (Å²) >= 11 is 0. The maximum atomic E-state index is 12.8. The highest BCUT2D eigenvalue weighted by atomic mass is 16.6. The van der Waals surface area contributed by atoms with Crippen molar-refractivity contribution in [3.8, 4) is 0 Å². The summed E-state index contributed by atoms with van der Waals surface area (Å²) in [6, 6.07) is 0. The van der Waals surface area contributed by atoms with Crippen LogP contribution in [0.2, 0.25) is 0 Å². The Morgan fingerprint density at radius 1 is 1.29 bits per heavy atom. The number of alkyl carbamates (subject to hydrolysis) is 1. The largest absolute Gasteiger partial charge is 0.457 e. The Hall–Kier alpha value is -2.32. The molecule has 0 aliphatic carbocycles. The van der Waals surface area contributed by atoms with Crippen molar-refractivity contribution in [1.82, 2.24) is 10.2 Å². The number of hydrogen-bond donors (Lipinski definition) is 5. The van der Waals surface area contributed by atoms with Crippen LogP contribution < -0.4 is 5.32 Å². The number of carbonyl (C=O) groups is 2. The van der Waals surface area contributed by atoms with E-state index in [9.17, 15) is 30.0 Å². The molecule has 12 nitrogen and oxygen atoms in total. The van der Waals surface area contributed by atoms with Crippen molar-refractivity contribution in [2.24, 2.45) is 11.8 Å². The highest BCUT2D eigenvalue weighted by Crippen LogP contribution is 2.37. The molecular weight excluding hydrogens is 620 g/mol. The molecule has 3 rings (SSSR count). The molecule has 10 unspecified atom stereocenters. The van der Waals surface area contributed by atoms with E-state index in [2.05, 4.69) is 10.2 Å². The number of epoxide rings is 1. The van der Waals surface area contributed by atoms with Gasteiger partial charge in [-0.05, 0) is 64.6 Å². The number of ether oxygens (including phenoxy) is 4. The molecule has 1 amide bonds. The lowest BCUT2D eigenvalue weighted by atomic mass is 9.88. The van der Waals surface area contributed by atoms with E-state index in [-0.39, 0.29) is 43.3 Å². The summed E-state index contributed by atoms with van der Waals surface area (Å²) in [5, 5.41) is 45.8. The maximum absolute atomic E-state index is 12.8. The van der Waals surface area contributed by atoms with Gasteiger partial charge in [0.25, 0.3) is 0 Å². The number of nitrogens with one attached hydrogen (secondary N) is 1. The first-order valence-corrected chi connectivity index (χ1v) is 17.6. The first kappa shape index (κ1) is 40.1. The number of carbonyl (C=O) groups excluding carboxylic acids is 2. The van der Waals surface area contributed by atoms with Gasteiger partial charge >= 0.3 is 12.1 Å². The zero-order valence-corrected chi connectivity index (χ0v) is 29.7. The molecule has 0 radical (unpaired) electrons. The van der Waals surface area contributed by atoms with Crippen molar-refractivity contribution in [3.63, 3.8) is 0 Å². The summed E-state index contributed by atoms with van der Waals surface area (Å²) in [5.74, 6) is -0.970. The standard InChI is InChI=1S/C36H60N2O10/c1-7-28(40)26(4)33-29(46-33)23-35(5,43)14-8-10-24(2)32-25(3)11-12-30(36(6,44)15-13-27(39)22-31(41)48-32)47-34(42)37-16-9-17-38-18-20-45-21-19-38/h8,10-12,14,25-30,32-33,39-40,43-44H,7,9,13,15-23H2,1-6H3,(H,37,42)/b12-11-,14-8+,24-10+. The molecule has 0 aromatic rings. The van der Waals surface area contributed by atoms with Gasteiger partial charge in [0.2, 0.25) is 0 Å². The molecule has 2 saturated heterocycles. The number of hydrogen-bond acceptors (Lipinski definition) is 11. The smallest absolute Gasteiger partial charge is 0.407 e. The average molecular weight is 681 g/mol. The van der Waals surface area contributed by atoms with Gasteiger partial charge in [0.15, 0.2) is 6.10 Å². The van der Waals surface area contributed by atoms with Crippen molar-refractivity contribution in [3.05, 3.63) is 36.0 Å². The number of morpholine rings is 1. The third-order valence-electron chi connectivity index (χ3n) is 9.63. The molecule has 0 aromatic heterocycles. The minimum atomic E-state index is -1.50. The molecule has 48 heavy (non-hydrogen) atoms. The van der Waals surface area contributed by atoms with Gasteiger partial charge in [-0.1, -0.05) is 45.1 Å². The molecule has 12 heteroatoms. The predicted octanol–water partition coefficient (Wildman–Crippen LogP) is 3.02. The van der Waals surface area contributed by atoms with Gasteiger partial charge in [0.05, 0.1) is 49.7 Å². The van der Waals surface area contributed by atoms with Gasteiger partial charge in [-0.3, -0.25) is 9.69 Å². The van der Waals surface area contributed by atoms with Crippen molar-refractivity contribution in [2.45, 2.75) is 128 Å². The highest BCUT2D eigenvalue weighted by Gasteiger charge is 2.47. The summed E-state index contributed by atoms with van der Waals surface area (Å²) in [5.41, 5.74) is -1.97. The average Bonchev–Trinajstić information content (AvgIpc) is 3.79. The fraction of sp³-hybridized carbons (Fsp3) is 0.778. The van der Waals surface area contributed by atoms with Crippen molar-refractivity contribution < 1.29 is 49.0 Å². The maximum Gasteiger partial charge on any atom is 0.407 e. The van der Waals surface area contributed by atoms with E-state index in [0.29, 0.717) is 38.2 Å². The van der Waals surface area contributed by atoms with E-state index >= 15 is 0 Å². The van der Waals surface area contributed by atoms with Gasteiger partial charge in [0, 0.05) is 37.9 Å². The first-order chi connectivity index (χ1) is 22.6. The van der Waals surface area contributed by atoms with Crippen LogP contribution in [0.1, 0.15) is 80.1 Å². The van der Waals surface area contributed by atoms with Crippen LogP contribution in [0, 0.1) is 11.8 Å². The number of esters is 1. The van der Waals surface area contributed by atoms with Crippen molar-refractivity contribution in [2.75, 3.05) is 39.4 Å². The normalized spacial score (nSPS) is 34.2. The first-order valence-electron chi connectivity index (χ1n) is 17.6. The Labute approximate surface area is 286 Å². The molecule has 0 saturated carbocycles. The van der Waals surface area contributed by atoms with E-state index in [1.165, 1.54) is 0 Å². The zero-order valence-electron chi connectivity index (χ0n) is 29.7. The van der Waals surface area contributed by atoms with Crippen LogP contribution in [-0.2, 0) is 23.7 Å². The number of rotatable bonds is 13. The molecule has 0 aromatic carbocycles.